The molecule has 1 aromatic carbocycles. The maximum absolute atomic E-state index is 13.2. The quantitative estimate of drug-likeness (QED) is 0.461. The Hall–Kier alpha value is -0.823. The second kappa shape index (κ2) is 6.20. The van der Waals surface area contributed by atoms with Gasteiger partial charge in [0.15, 0.2) is 0 Å². The molecule has 0 saturated carbocycles. The van der Waals surface area contributed by atoms with E-state index in [2.05, 4.69) is 14.9 Å². The van der Waals surface area contributed by atoms with Gasteiger partial charge in [-0.2, -0.15) is 0 Å². The van der Waals surface area contributed by atoms with Gasteiger partial charge < -0.3 is 14.6 Å². The fourth-order valence-electron chi connectivity index (χ4n) is 1.45. The highest BCUT2D eigenvalue weighted by Crippen LogP contribution is 2.16. The third kappa shape index (κ3) is 4.91. The maximum atomic E-state index is 13.2. The van der Waals surface area contributed by atoms with Crippen LogP contribution in [0.1, 0.15) is 24.8 Å². The van der Waals surface area contributed by atoms with E-state index in [-0.39, 0.29) is 6.42 Å². The summed E-state index contributed by atoms with van der Waals surface area (Å²) in [5, 5.41) is 18.1. The van der Waals surface area contributed by atoms with E-state index in [1.165, 1.54) is 12.1 Å². The van der Waals surface area contributed by atoms with Gasteiger partial charge in [-0.1, -0.05) is 6.07 Å². The molecule has 17 heavy (non-hydrogen) atoms. The Morgan fingerprint density at radius 1 is 1.24 bits per heavy atom. The highest BCUT2D eigenvalue weighted by molar-refractivity contribution is 5.98. The standard InChI is InChI=1S/C11H13F2O3Si/c12-9-5-4-8(10(13)7-9)3-1-2-6-11(14,15)16-17/h4-5,7,14-15H,1-3,6H2. The van der Waals surface area contributed by atoms with Gasteiger partial charge in [-0.05, 0) is 30.9 Å². The summed E-state index contributed by atoms with van der Waals surface area (Å²) in [7, 11) is 2.53. The Morgan fingerprint density at radius 3 is 2.53 bits per heavy atom. The van der Waals surface area contributed by atoms with Crippen LogP contribution in [0.15, 0.2) is 18.2 Å². The second-order valence-corrected chi connectivity index (χ2v) is 3.99. The fourth-order valence-corrected chi connectivity index (χ4v) is 1.55. The molecular weight excluding hydrogens is 246 g/mol. The number of halogens is 2. The molecule has 3 nitrogen and oxygen atoms in total. The van der Waals surface area contributed by atoms with Crippen molar-refractivity contribution in [1.82, 2.24) is 0 Å². The van der Waals surface area contributed by atoms with Crippen molar-refractivity contribution >= 4 is 10.5 Å². The van der Waals surface area contributed by atoms with Crippen LogP contribution in [0.5, 0.6) is 0 Å². The zero-order chi connectivity index (χ0) is 12.9. The van der Waals surface area contributed by atoms with Gasteiger partial charge in [0, 0.05) is 12.5 Å². The molecule has 0 unspecified atom stereocenters. The Kier molecular flexibility index (Phi) is 5.19. The molecule has 1 rings (SSSR count). The number of hydrogen-bond acceptors (Lipinski definition) is 3. The van der Waals surface area contributed by atoms with Gasteiger partial charge in [0.2, 0.25) is 0 Å². The van der Waals surface area contributed by atoms with Crippen LogP contribution >= 0.6 is 0 Å². The first-order valence-corrected chi connectivity index (χ1v) is 5.59. The maximum Gasteiger partial charge on any atom is 0.267 e. The molecule has 0 aliphatic carbocycles. The molecule has 3 radical (unpaired) electrons. The van der Waals surface area contributed by atoms with Crippen molar-refractivity contribution < 1.29 is 23.4 Å². The van der Waals surface area contributed by atoms with Crippen LogP contribution in [0.25, 0.3) is 0 Å². The molecule has 0 aromatic heterocycles. The molecule has 0 atom stereocenters. The van der Waals surface area contributed by atoms with Crippen molar-refractivity contribution in [3.8, 4) is 0 Å². The first-order valence-electron chi connectivity index (χ1n) is 5.18. The molecule has 1 aromatic rings. The molecule has 0 aliphatic rings. The number of unbranched alkanes of at least 4 members (excludes halogenated alkanes) is 1. The lowest BCUT2D eigenvalue weighted by Gasteiger charge is -2.19. The number of rotatable bonds is 6. The fraction of sp³-hybridized carbons (Fsp3) is 0.455. The molecule has 93 valence electrons. The van der Waals surface area contributed by atoms with Crippen LogP contribution in [-0.2, 0) is 10.8 Å². The van der Waals surface area contributed by atoms with Gasteiger partial charge in [0.1, 0.15) is 11.6 Å². The summed E-state index contributed by atoms with van der Waals surface area (Å²) in [5.41, 5.74) is 0.409. The SMILES string of the molecule is OC(O)(CCCCc1ccc(F)cc1F)O[Si]. The van der Waals surface area contributed by atoms with Crippen LogP contribution < -0.4 is 0 Å². The minimum Gasteiger partial charge on any atom is -0.371 e. The predicted octanol–water partition coefficient (Wildman–Crippen LogP) is 1.42. The lowest BCUT2D eigenvalue weighted by molar-refractivity contribution is -0.295. The van der Waals surface area contributed by atoms with E-state index >= 15 is 0 Å². The smallest absolute Gasteiger partial charge is 0.267 e. The molecule has 0 spiro atoms. The van der Waals surface area contributed by atoms with Gasteiger partial charge in [-0.25, -0.2) is 8.78 Å². The Labute approximate surface area is 102 Å². The minimum absolute atomic E-state index is 0.000681. The third-order valence-corrected chi connectivity index (χ3v) is 2.70. The summed E-state index contributed by atoms with van der Waals surface area (Å²) in [6.45, 7) is 0. The Bertz CT molecular complexity index is 372. The van der Waals surface area contributed by atoms with Gasteiger partial charge in [-0.3, -0.25) is 0 Å². The Morgan fingerprint density at radius 2 is 1.94 bits per heavy atom. The van der Waals surface area contributed by atoms with Crippen molar-refractivity contribution in [2.24, 2.45) is 0 Å². The van der Waals surface area contributed by atoms with Crippen molar-refractivity contribution in [1.29, 1.82) is 0 Å². The van der Waals surface area contributed by atoms with Crippen LogP contribution in [0.3, 0.4) is 0 Å². The van der Waals surface area contributed by atoms with Crippen molar-refractivity contribution in [3.63, 3.8) is 0 Å². The van der Waals surface area contributed by atoms with Crippen LogP contribution in [0.2, 0.25) is 0 Å². The summed E-state index contributed by atoms with van der Waals surface area (Å²) < 4.78 is 30.0. The Balaban J connectivity index is 2.36. The summed E-state index contributed by atoms with van der Waals surface area (Å²) in [5.74, 6) is -3.40. The van der Waals surface area contributed by atoms with Crippen LogP contribution in [0.4, 0.5) is 8.78 Å². The number of hydrogen-bond donors (Lipinski definition) is 2. The van der Waals surface area contributed by atoms with Gasteiger partial charge >= 0.3 is 0 Å². The number of aryl methyl sites for hydroxylation is 1. The topological polar surface area (TPSA) is 49.7 Å². The molecule has 0 saturated heterocycles. The molecule has 0 heterocycles. The average Bonchev–Trinajstić information content (AvgIpc) is 2.27. The first kappa shape index (κ1) is 14.2. The third-order valence-electron chi connectivity index (χ3n) is 2.38. The monoisotopic (exact) mass is 259 g/mol. The highest BCUT2D eigenvalue weighted by Gasteiger charge is 2.20. The number of benzene rings is 1. The first-order chi connectivity index (χ1) is 7.94. The lowest BCUT2D eigenvalue weighted by Crippen LogP contribution is -2.30. The van der Waals surface area contributed by atoms with Crippen LogP contribution in [-0.4, -0.2) is 26.7 Å². The molecule has 0 aliphatic heterocycles. The van der Waals surface area contributed by atoms with Gasteiger partial charge in [0.05, 0.1) is 0 Å². The number of aliphatic hydroxyl groups is 2. The summed E-state index contributed by atoms with van der Waals surface area (Å²) in [4.78, 5) is 0. The zero-order valence-electron chi connectivity index (χ0n) is 9.12. The summed E-state index contributed by atoms with van der Waals surface area (Å²) >= 11 is 0. The normalized spacial score (nSPS) is 11.8. The van der Waals surface area contributed by atoms with E-state index < -0.39 is 17.6 Å². The van der Waals surface area contributed by atoms with E-state index in [1.54, 1.807) is 0 Å². The highest BCUT2D eigenvalue weighted by atomic mass is 28.2. The molecule has 0 amide bonds. The molecule has 2 N–H and O–H groups in total. The van der Waals surface area contributed by atoms with Gasteiger partial charge in [-0.15, -0.1) is 0 Å². The van der Waals surface area contributed by atoms with Crippen molar-refractivity contribution in [3.05, 3.63) is 35.4 Å². The summed E-state index contributed by atoms with van der Waals surface area (Å²) in [6.07, 6.45) is 1.39. The van der Waals surface area contributed by atoms with E-state index in [0.717, 1.165) is 6.07 Å². The van der Waals surface area contributed by atoms with E-state index in [4.69, 9.17) is 10.2 Å². The lowest BCUT2D eigenvalue weighted by atomic mass is 10.1. The largest absolute Gasteiger partial charge is 0.371 e. The van der Waals surface area contributed by atoms with E-state index in [9.17, 15) is 8.78 Å². The molecule has 0 bridgehead atoms. The van der Waals surface area contributed by atoms with Gasteiger partial charge in [0.25, 0.3) is 16.5 Å². The molecule has 6 heteroatoms. The minimum atomic E-state index is -2.21. The second-order valence-electron chi connectivity index (χ2n) is 3.79. The average molecular weight is 259 g/mol. The molecular formula is C11H13F2O3Si. The van der Waals surface area contributed by atoms with Crippen molar-refractivity contribution in [2.45, 2.75) is 31.7 Å². The summed E-state index contributed by atoms with van der Waals surface area (Å²) in [6, 6.07) is 3.41. The molecule has 0 fully saturated rings. The van der Waals surface area contributed by atoms with E-state index in [0.29, 0.717) is 24.8 Å². The van der Waals surface area contributed by atoms with Crippen molar-refractivity contribution in [2.75, 3.05) is 0 Å². The zero-order valence-corrected chi connectivity index (χ0v) is 10.1. The predicted molar refractivity (Wildman–Crippen MR) is 57.9 cm³/mol. The van der Waals surface area contributed by atoms with E-state index in [1.807, 2.05) is 0 Å². The van der Waals surface area contributed by atoms with Crippen LogP contribution in [0, 0.1) is 11.6 Å².